The zero-order valence-electron chi connectivity index (χ0n) is 10.7. The standard InChI is InChI=1S/C13H27N3/c1-15-9-11-16(12-10-15)8-4-2-3-7-14-13-5-6-13/h13-14H,2-12H2,1H3. The van der Waals surface area contributed by atoms with Gasteiger partial charge in [0.1, 0.15) is 0 Å². The molecule has 1 N–H and O–H groups in total. The fourth-order valence-electron chi connectivity index (χ4n) is 2.30. The third-order valence-electron chi connectivity index (χ3n) is 3.76. The van der Waals surface area contributed by atoms with Gasteiger partial charge in [-0.05, 0) is 45.8 Å². The van der Waals surface area contributed by atoms with E-state index in [0.29, 0.717) is 0 Å². The molecule has 1 saturated carbocycles. The van der Waals surface area contributed by atoms with Gasteiger partial charge in [0.05, 0.1) is 0 Å². The lowest BCUT2D eigenvalue weighted by Gasteiger charge is -2.32. The summed E-state index contributed by atoms with van der Waals surface area (Å²) in [5.41, 5.74) is 0. The second-order valence-corrected chi connectivity index (χ2v) is 5.43. The van der Waals surface area contributed by atoms with Crippen molar-refractivity contribution in [1.82, 2.24) is 15.1 Å². The molecule has 0 spiro atoms. The van der Waals surface area contributed by atoms with E-state index in [1.165, 1.54) is 71.4 Å². The molecule has 0 radical (unpaired) electrons. The summed E-state index contributed by atoms with van der Waals surface area (Å²) in [5.74, 6) is 0. The van der Waals surface area contributed by atoms with E-state index in [0.717, 1.165) is 6.04 Å². The first-order valence-electron chi connectivity index (χ1n) is 6.99. The van der Waals surface area contributed by atoms with Crippen LogP contribution in [0, 0.1) is 0 Å². The number of piperazine rings is 1. The summed E-state index contributed by atoms with van der Waals surface area (Å²) in [6, 6.07) is 0.887. The van der Waals surface area contributed by atoms with Crippen LogP contribution in [0.25, 0.3) is 0 Å². The van der Waals surface area contributed by atoms with E-state index in [1.807, 2.05) is 0 Å². The fraction of sp³-hybridized carbons (Fsp3) is 1.00. The highest BCUT2D eigenvalue weighted by Gasteiger charge is 2.19. The van der Waals surface area contributed by atoms with E-state index in [9.17, 15) is 0 Å². The van der Waals surface area contributed by atoms with Crippen LogP contribution >= 0.6 is 0 Å². The summed E-state index contributed by atoms with van der Waals surface area (Å²) >= 11 is 0. The van der Waals surface area contributed by atoms with Crippen molar-refractivity contribution < 1.29 is 0 Å². The Labute approximate surface area is 100 Å². The van der Waals surface area contributed by atoms with Gasteiger partial charge in [0.25, 0.3) is 0 Å². The average Bonchev–Trinajstić information content (AvgIpc) is 3.10. The molecule has 3 nitrogen and oxygen atoms in total. The summed E-state index contributed by atoms with van der Waals surface area (Å²) in [7, 11) is 2.22. The van der Waals surface area contributed by atoms with Crippen molar-refractivity contribution in [2.75, 3.05) is 46.3 Å². The lowest BCUT2D eigenvalue weighted by atomic mass is 10.2. The molecule has 2 fully saturated rings. The molecule has 1 heterocycles. The Morgan fingerprint density at radius 1 is 1.00 bits per heavy atom. The van der Waals surface area contributed by atoms with Crippen LogP contribution in [-0.4, -0.2) is 62.2 Å². The smallest absolute Gasteiger partial charge is 0.0110 e. The molecule has 0 aromatic heterocycles. The topological polar surface area (TPSA) is 18.5 Å². The van der Waals surface area contributed by atoms with Gasteiger partial charge in [-0.25, -0.2) is 0 Å². The molecule has 1 aliphatic heterocycles. The Morgan fingerprint density at radius 3 is 2.44 bits per heavy atom. The lowest BCUT2D eigenvalue weighted by molar-refractivity contribution is 0.152. The minimum Gasteiger partial charge on any atom is -0.314 e. The Balaban J connectivity index is 1.39. The summed E-state index contributed by atoms with van der Waals surface area (Å²) in [6.45, 7) is 7.62. The van der Waals surface area contributed by atoms with Gasteiger partial charge in [-0.15, -0.1) is 0 Å². The number of rotatable bonds is 7. The Hall–Kier alpha value is -0.120. The number of nitrogens with zero attached hydrogens (tertiary/aromatic N) is 2. The minimum absolute atomic E-state index is 0.887. The predicted octanol–water partition coefficient (Wildman–Crippen LogP) is 1.16. The van der Waals surface area contributed by atoms with Gasteiger partial charge in [-0.3, -0.25) is 0 Å². The first-order chi connectivity index (χ1) is 7.84. The normalized spacial score (nSPS) is 23.8. The number of hydrogen-bond donors (Lipinski definition) is 1. The summed E-state index contributed by atoms with van der Waals surface area (Å²) in [4.78, 5) is 5.05. The Bertz CT molecular complexity index is 184. The van der Waals surface area contributed by atoms with Crippen LogP contribution < -0.4 is 5.32 Å². The highest BCUT2D eigenvalue weighted by atomic mass is 15.2. The van der Waals surface area contributed by atoms with Gasteiger partial charge in [-0.1, -0.05) is 6.42 Å². The Kier molecular flexibility index (Phi) is 5.07. The van der Waals surface area contributed by atoms with Crippen LogP contribution in [0.5, 0.6) is 0 Å². The van der Waals surface area contributed by atoms with Gasteiger partial charge < -0.3 is 15.1 Å². The van der Waals surface area contributed by atoms with Gasteiger partial charge in [0.2, 0.25) is 0 Å². The highest BCUT2D eigenvalue weighted by molar-refractivity contribution is 4.80. The van der Waals surface area contributed by atoms with Crippen LogP contribution in [0.4, 0.5) is 0 Å². The van der Waals surface area contributed by atoms with Crippen molar-refractivity contribution in [2.24, 2.45) is 0 Å². The van der Waals surface area contributed by atoms with Crippen molar-refractivity contribution in [2.45, 2.75) is 38.1 Å². The maximum Gasteiger partial charge on any atom is 0.0110 e. The quantitative estimate of drug-likeness (QED) is 0.656. The summed E-state index contributed by atoms with van der Waals surface area (Å²) in [5, 5.41) is 3.58. The molecule has 0 aromatic rings. The van der Waals surface area contributed by atoms with Gasteiger partial charge >= 0.3 is 0 Å². The molecule has 0 atom stereocenters. The van der Waals surface area contributed by atoms with Crippen molar-refractivity contribution in [3.05, 3.63) is 0 Å². The molecule has 0 unspecified atom stereocenters. The van der Waals surface area contributed by atoms with Crippen molar-refractivity contribution in [3.8, 4) is 0 Å². The number of unbranched alkanes of at least 4 members (excludes halogenated alkanes) is 2. The van der Waals surface area contributed by atoms with Crippen LogP contribution in [0.15, 0.2) is 0 Å². The van der Waals surface area contributed by atoms with Crippen LogP contribution in [0.3, 0.4) is 0 Å². The van der Waals surface area contributed by atoms with E-state index in [2.05, 4.69) is 22.2 Å². The third kappa shape index (κ3) is 4.81. The number of likely N-dealkylation sites (N-methyl/N-ethyl adjacent to an activating group) is 1. The van der Waals surface area contributed by atoms with E-state index >= 15 is 0 Å². The first kappa shape index (κ1) is 12.3. The average molecular weight is 225 g/mol. The van der Waals surface area contributed by atoms with E-state index in [-0.39, 0.29) is 0 Å². The molecule has 94 valence electrons. The van der Waals surface area contributed by atoms with Gasteiger partial charge in [0.15, 0.2) is 0 Å². The molecule has 16 heavy (non-hydrogen) atoms. The second-order valence-electron chi connectivity index (χ2n) is 5.43. The largest absolute Gasteiger partial charge is 0.314 e. The van der Waals surface area contributed by atoms with E-state index < -0.39 is 0 Å². The van der Waals surface area contributed by atoms with Crippen molar-refractivity contribution in [1.29, 1.82) is 0 Å². The zero-order valence-corrected chi connectivity index (χ0v) is 10.7. The molecule has 3 heteroatoms. The van der Waals surface area contributed by atoms with Crippen LogP contribution in [-0.2, 0) is 0 Å². The van der Waals surface area contributed by atoms with Crippen LogP contribution in [0.1, 0.15) is 32.1 Å². The molecular weight excluding hydrogens is 198 g/mol. The van der Waals surface area contributed by atoms with E-state index in [4.69, 9.17) is 0 Å². The predicted molar refractivity (Wildman–Crippen MR) is 68.8 cm³/mol. The van der Waals surface area contributed by atoms with Crippen LogP contribution in [0.2, 0.25) is 0 Å². The van der Waals surface area contributed by atoms with Crippen molar-refractivity contribution >= 4 is 0 Å². The molecule has 2 aliphatic rings. The van der Waals surface area contributed by atoms with Gasteiger partial charge in [-0.2, -0.15) is 0 Å². The Morgan fingerprint density at radius 2 is 1.75 bits per heavy atom. The molecular formula is C13H27N3. The van der Waals surface area contributed by atoms with E-state index in [1.54, 1.807) is 0 Å². The minimum atomic E-state index is 0.887. The zero-order chi connectivity index (χ0) is 11.2. The fourth-order valence-corrected chi connectivity index (χ4v) is 2.30. The highest BCUT2D eigenvalue weighted by Crippen LogP contribution is 2.18. The number of nitrogens with one attached hydrogen (secondary N) is 1. The second kappa shape index (κ2) is 6.58. The molecule has 1 saturated heterocycles. The number of hydrogen-bond acceptors (Lipinski definition) is 3. The SMILES string of the molecule is CN1CCN(CCCCCNC2CC2)CC1. The molecule has 0 amide bonds. The first-order valence-corrected chi connectivity index (χ1v) is 6.99. The lowest BCUT2D eigenvalue weighted by Crippen LogP contribution is -2.44. The molecule has 2 rings (SSSR count). The monoisotopic (exact) mass is 225 g/mol. The maximum atomic E-state index is 3.58. The van der Waals surface area contributed by atoms with Gasteiger partial charge in [0, 0.05) is 32.2 Å². The molecule has 0 aromatic carbocycles. The molecule has 0 bridgehead atoms. The maximum absolute atomic E-state index is 3.58. The summed E-state index contributed by atoms with van der Waals surface area (Å²) in [6.07, 6.45) is 6.98. The summed E-state index contributed by atoms with van der Waals surface area (Å²) < 4.78 is 0. The molecule has 1 aliphatic carbocycles. The third-order valence-corrected chi connectivity index (χ3v) is 3.76. The van der Waals surface area contributed by atoms with Crippen molar-refractivity contribution in [3.63, 3.8) is 0 Å².